The first-order chi connectivity index (χ1) is 11.6. The smallest absolute Gasteiger partial charge is 0.192 e. The summed E-state index contributed by atoms with van der Waals surface area (Å²) in [6.07, 6.45) is 4.75. The second-order valence-corrected chi connectivity index (χ2v) is 6.60. The van der Waals surface area contributed by atoms with E-state index in [1.165, 1.54) is 0 Å². The standard InChI is InChI=1S/C19H22O5/c1-18(21-9-10-22-18)15-4-2-3-14(13-15)16-5-7-19(8-6-17(16)20)23-11-12-24-19/h2-4,6,8,13,16H,5,7,9-12H2,1H3/t16-/m0/s1. The van der Waals surface area contributed by atoms with Crippen LogP contribution in [0.15, 0.2) is 36.4 Å². The minimum atomic E-state index is -0.724. The molecule has 1 aliphatic carbocycles. The molecule has 5 nitrogen and oxygen atoms in total. The Kier molecular flexibility index (Phi) is 4.04. The van der Waals surface area contributed by atoms with Crippen LogP contribution in [0.4, 0.5) is 0 Å². The lowest BCUT2D eigenvalue weighted by Gasteiger charge is -2.25. The van der Waals surface area contributed by atoms with Crippen LogP contribution < -0.4 is 0 Å². The molecule has 2 heterocycles. The number of hydrogen-bond acceptors (Lipinski definition) is 5. The number of hydrogen-bond donors (Lipinski definition) is 0. The van der Waals surface area contributed by atoms with E-state index in [9.17, 15) is 4.79 Å². The highest BCUT2D eigenvalue weighted by molar-refractivity contribution is 5.95. The number of carbonyl (C=O) groups excluding carboxylic acids is 1. The number of allylic oxidation sites excluding steroid dienone is 1. The van der Waals surface area contributed by atoms with Gasteiger partial charge in [0.1, 0.15) is 0 Å². The molecule has 1 atom stereocenters. The third-order valence-corrected chi connectivity index (χ3v) is 5.05. The summed E-state index contributed by atoms with van der Waals surface area (Å²) in [5.41, 5.74) is 1.93. The second-order valence-electron chi connectivity index (χ2n) is 6.60. The van der Waals surface area contributed by atoms with Gasteiger partial charge in [0.15, 0.2) is 17.4 Å². The highest BCUT2D eigenvalue weighted by Gasteiger charge is 2.38. The molecule has 1 spiro atoms. The van der Waals surface area contributed by atoms with Crippen LogP contribution in [0, 0.1) is 0 Å². The summed E-state index contributed by atoms with van der Waals surface area (Å²) in [4.78, 5) is 12.6. The maximum Gasteiger partial charge on any atom is 0.192 e. The molecule has 2 saturated heterocycles. The molecule has 24 heavy (non-hydrogen) atoms. The van der Waals surface area contributed by atoms with Gasteiger partial charge in [0.05, 0.1) is 26.4 Å². The lowest BCUT2D eigenvalue weighted by molar-refractivity contribution is -0.149. The molecule has 0 amide bonds. The van der Waals surface area contributed by atoms with Gasteiger partial charge in [-0.25, -0.2) is 0 Å². The van der Waals surface area contributed by atoms with E-state index < -0.39 is 11.6 Å². The SMILES string of the molecule is CC1(c2cccc([C@@H]3CCC4(C=CC3=O)OCCO4)c2)OCCO1. The van der Waals surface area contributed by atoms with Crippen LogP contribution in [0.1, 0.15) is 36.8 Å². The van der Waals surface area contributed by atoms with Gasteiger partial charge >= 0.3 is 0 Å². The molecular formula is C19H22O5. The Labute approximate surface area is 141 Å². The molecule has 0 unspecified atom stereocenters. The third kappa shape index (κ3) is 2.82. The van der Waals surface area contributed by atoms with E-state index in [1.807, 2.05) is 31.2 Å². The summed E-state index contributed by atoms with van der Waals surface area (Å²) in [6.45, 7) is 4.24. The van der Waals surface area contributed by atoms with Gasteiger partial charge < -0.3 is 18.9 Å². The first kappa shape index (κ1) is 16.0. The molecule has 0 saturated carbocycles. The molecule has 5 heteroatoms. The molecule has 2 aliphatic heterocycles. The Balaban J connectivity index is 1.59. The van der Waals surface area contributed by atoms with Crippen molar-refractivity contribution in [3.8, 4) is 0 Å². The summed E-state index contributed by atoms with van der Waals surface area (Å²) in [7, 11) is 0. The summed E-state index contributed by atoms with van der Waals surface area (Å²) in [6, 6.07) is 7.96. The fourth-order valence-electron chi connectivity index (χ4n) is 3.66. The largest absolute Gasteiger partial charge is 0.344 e. The van der Waals surface area contributed by atoms with Crippen molar-refractivity contribution in [2.45, 2.75) is 37.3 Å². The zero-order valence-corrected chi connectivity index (χ0v) is 13.8. The van der Waals surface area contributed by atoms with E-state index in [4.69, 9.17) is 18.9 Å². The lowest BCUT2D eigenvalue weighted by atomic mass is 9.89. The summed E-state index contributed by atoms with van der Waals surface area (Å²) in [5, 5.41) is 0. The van der Waals surface area contributed by atoms with Gasteiger partial charge in [0.2, 0.25) is 0 Å². The van der Waals surface area contributed by atoms with Gasteiger partial charge in [-0.1, -0.05) is 18.2 Å². The van der Waals surface area contributed by atoms with Gasteiger partial charge in [0.25, 0.3) is 0 Å². The maximum absolute atomic E-state index is 12.6. The summed E-state index contributed by atoms with van der Waals surface area (Å²) >= 11 is 0. The van der Waals surface area contributed by atoms with E-state index >= 15 is 0 Å². The maximum atomic E-state index is 12.6. The fraction of sp³-hybridized carbons (Fsp3) is 0.526. The Morgan fingerprint density at radius 3 is 2.50 bits per heavy atom. The predicted octanol–water partition coefficient (Wildman–Crippen LogP) is 2.65. The van der Waals surface area contributed by atoms with Crippen molar-refractivity contribution < 1.29 is 23.7 Å². The third-order valence-electron chi connectivity index (χ3n) is 5.05. The predicted molar refractivity (Wildman–Crippen MR) is 86.5 cm³/mol. The zero-order valence-electron chi connectivity index (χ0n) is 13.8. The van der Waals surface area contributed by atoms with Gasteiger partial charge in [-0.05, 0) is 37.1 Å². The number of carbonyl (C=O) groups is 1. The van der Waals surface area contributed by atoms with Crippen molar-refractivity contribution in [3.63, 3.8) is 0 Å². The summed E-state index contributed by atoms with van der Waals surface area (Å²) < 4.78 is 22.9. The first-order valence-corrected chi connectivity index (χ1v) is 8.50. The molecule has 0 N–H and O–H groups in total. The Morgan fingerprint density at radius 1 is 1.04 bits per heavy atom. The zero-order chi connectivity index (χ0) is 16.6. The molecule has 0 bridgehead atoms. The molecule has 4 rings (SSSR count). The van der Waals surface area contributed by atoms with Crippen molar-refractivity contribution in [1.29, 1.82) is 0 Å². The van der Waals surface area contributed by atoms with E-state index in [2.05, 4.69) is 0 Å². The number of ketones is 1. The van der Waals surface area contributed by atoms with E-state index in [0.717, 1.165) is 11.1 Å². The molecule has 0 radical (unpaired) electrons. The van der Waals surface area contributed by atoms with Crippen molar-refractivity contribution in [2.24, 2.45) is 0 Å². The minimum Gasteiger partial charge on any atom is -0.344 e. The number of ether oxygens (including phenoxy) is 4. The molecule has 128 valence electrons. The average Bonchev–Trinajstić information content (AvgIpc) is 3.20. The second kappa shape index (κ2) is 6.08. The van der Waals surface area contributed by atoms with Crippen LogP contribution >= 0.6 is 0 Å². The van der Waals surface area contributed by atoms with Crippen LogP contribution in [0.5, 0.6) is 0 Å². The van der Waals surface area contributed by atoms with Crippen molar-refractivity contribution in [1.82, 2.24) is 0 Å². The van der Waals surface area contributed by atoms with E-state index in [-0.39, 0.29) is 11.7 Å². The quantitative estimate of drug-likeness (QED) is 0.834. The van der Waals surface area contributed by atoms with Crippen LogP contribution in [0.2, 0.25) is 0 Å². The Bertz CT molecular complexity index is 653. The number of benzene rings is 1. The Morgan fingerprint density at radius 2 is 1.75 bits per heavy atom. The van der Waals surface area contributed by atoms with Crippen molar-refractivity contribution in [2.75, 3.05) is 26.4 Å². The van der Waals surface area contributed by atoms with Crippen molar-refractivity contribution in [3.05, 3.63) is 47.5 Å². The van der Waals surface area contributed by atoms with Crippen LogP contribution in [0.3, 0.4) is 0 Å². The molecule has 0 aromatic heterocycles. The average molecular weight is 330 g/mol. The molecule has 1 aromatic carbocycles. The number of rotatable bonds is 2. The van der Waals surface area contributed by atoms with Crippen molar-refractivity contribution >= 4 is 5.78 Å². The molecular weight excluding hydrogens is 308 g/mol. The highest BCUT2D eigenvalue weighted by Crippen LogP contribution is 2.37. The van der Waals surface area contributed by atoms with E-state index in [0.29, 0.717) is 39.3 Å². The highest BCUT2D eigenvalue weighted by atomic mass is 16.7. The fourth-order valence-corrected chi connectivity index (χ4v) is 3.66. The first-order valence-electron chi connectivity index (χ1n) is 8.50. The van der Waals surface area contributed by atoms with Gasteiger partial charge in [-0.15, -0.1) is 0 Å². The topological polar surface area (TPSA) is 54.0 Å². The van der Waals surface area contributed by atoms with Crippen LogP contribution in [-0.4, -0.2) is 38.0 Å². The lowest BCUT2D eigenvalue weighted by Crippen LogP contribution is -2.26. The minimum absolute atomic E-state index is 0.0848. The van der Waals surface area contributed by atoms with Gasteiger partial charge in [-0.3, -0.25) is 4.79 Å². The van der Waals surface area contributed by atoms with Crippen LogP contribution in [0.25, 0.3) is 0 Å². The summed E-state index contributed by atoms with van der Waals surface area (Å²) in [5.74, 6) is -1.55. The molecule has 3 aliphatic rings. The monoisotopic (exact) mass is 330 g/mol. The van der Waals surface area contributed by atoms with Gasteiger partial charge in [-0.2, -0.15) is 0 Å². The molecule has 1 aromatic rings. The van der Waals surface area contributed by atoms with E-state index in [1.54, 1.807) is 12.2 Å². The Hall–Kier alpha value is -1.53. The van der Waals surface area contributed by atoms with Crippen LogP contribution in [-0.2, 0) is 29.5 Å². The van der Waals surface area contributed by atoms with Gasteiger partial charge in [0, 0.05) is 17.9 Å². The molecule has 2 fully saturated rings. The normalized spacial score (nSPS) is 28.4.